The Morgan fingerprint density at radius 3 is 2.50 bits per heavy atom. The SMILES string of the molecule is CCOC(=O)C1CCC(N(c2ccc(OC(C)F)cc2)c2cnccc2OC)CC1. The summed E-state index contributed by atoms with van der Waals surface area (Å²) in [6, 6.07) is 9.32. The number of aromatic nitrogens is 1. The Morgan fingerprint density at radius 1 is 1.20 bits per heavy atom. The van der Waals surface area contributed by atoms with Crippen LogP contribution >= 0.6 is 0 Å². The second-order valence-corrected chi connectivity index (χ2v) is 7.33. The summed E-state index contributed by atoms with van der Waals surface area (Å²) in [5.74, 6) is 1.03. The van der Waals surface area contributed by atoms with Crippen molar-refractivity contribution in [1.82, 2.24) is 4.98 Å². The van der Waals surface area contributed by atoms with E-state index in [1.807, 2.05) is 25.1 Å². The lowest BCUT2D eigenvalue weighted by atomic mass is 9.85. The predicted molar refractivity (Wildman–Crippen MR) is 113 cm³/mol. The average molecular weight is 416 g/mol. The standard InChI is InChI=1S/C23H29FN2O4/c1-4-29-23(27)17-5-7-18(8-6-17)26(21-15-25-14-13-22(21)28-3)19-9-11-20(12-10-19)30-16(2)24/h9-18H,4-8H2,1-3H3. The van der Waals surface area contributed by atoms with Gasteiger partial charge in [0.1, 0.15) is 17.2 Å². The molecule has 0 N–H and O–H groups in total. The van der Waals surface area contributed by atoms with Gasteiger partial charge in [0.2, 0.25) is 6.36 Å². The number of carbonyl (C=O) groups excluding carboxylic acids is 1. The Balaban J connectivity index is 1.87. The van der Waals surface area contributed by atoms with Gasteiger partial charge in [-0.15, -0.1) is 0 Å². The van der Waals surface area contributed by atoms with Crippen molar-refractivity contribution in [3.05, 3.63) is 42.7 Å². The molecule has 1 fully saturated rings. The fourth-order valence-electron chi connectivity index (χ4n) is 3.98. The number of halogens is 1. The highest BCUT2D eigenvalue weighted by atomic mass is 19.1. The van der Waals surface area contributed by atoms with Crippen LogP contribution in [-0.4, -0.2) is 37.1 Å². The molecule has 0 amide bonds. The van der Waals surface area contributed by atoms with E-state index in [1.165, 1.54) is 6.92 Å². The second kappa shape index (κ2) is 10.3. The molecule has 162 valence electrons. The maximum Gasteiger partial charge on any atom is 0.308 e. The predicted octanol–water partition coefficient (Wildman–Crippen LogP) is 5.04. The molecule has 0 aliphatic heterocycles. The van der Waals surface area contributed by atoms with E-state index in [4.69, 9.17) is 14.2 Å². The quantitative estimate of drug-likeness (QED) is 0.562. The summed E-state index contributed by atoms with van der Waals surface area (Å²) in [5.41, 5.74) is 1.78. The third-order valence-corrected chi connectivity index (χ3v) is 5.34. The highest BCUT2D eigenvalue weighted by molar-refractivity contribution is 5.73. The highest BCUT2D eigenvalue weighted by Crippen LogP contribution is 2.40. The molecule has 7 heteroatoms. The summed E-state index contributed by atoms with van der Waals surface area (Å²) in [5, 5.41) is 0. The van der Waals surface area contributed by atoms with Crippen molar-refractivity contribution in [2.75, 3.05) is 18.6 Å². The van der Waals surface area contributed by atoms with E-state index >= 15 is 0 Å². The fraction of sp³-hybridized carbons (Fsp3) is 0.478. The summed E-state index contributed by atoms with van der Waals surface area (Å²) >= 11 is 0. The van der Waals surface area contributed by atoms with Crippen LogP contribution in [0.2, 0.25) is 0 Å². The monoisotopic (exact) mass is 416 g/mol. The number of carbonyl (C=O) groups is 1. The summed E-state index contributed by atoms with van der Waals surface area (Å²) in [6.45, 7) is 3.59. The lowest BCUT2D eigenvalue weighted by Gasteiger charge is -2.38. The van der Waals surface area contributed by atoms with Crippen LogP contribution in [0, 0.1) is 5.92 Å². The molecular formula is C23H29FN2O4. The minimum atomic E-state index is -1.37. The Bertz CT molecular complexity index is 820. The van der Waals surface area contributed by atoms with Gasteiger partial charge in [0.05, 0.1) is 25.8 Å². The maximum absolute atomic E-state index is 13.2. The lowest BCUT2D eigenvalue weighted by molar-refractivity contribution is -0.149. The van der Waals surface area contributed by atoms with Crippen LogP contribution < -0.4 is 14.4 Å². The van der Waals surface area contributed by atoms with Crippen molar-refractivity contribution in [3.8, 4) is 11.5 Å². The zero-order chi connectivity index (χ0) is 21.5. The molecule has 6 nitrogen and oxygen atoms in total. The Hall–Kier alpha value is -2.83. The number of hydrogen-bond acceptors (Lipinski definition) is 6. The van der Waals surface area contributed by atoms with Crippen molar-refractivity contribution < 1.29 is 23.4 Å². The molecule has 1 aromatic heterocycles. The number of rotatable bonds is 8. The van der Waals surface area contributed by atoms with Gasteiger partial charge in [-0.2, -0.15) is 0 Å². The molecular weight excluding hydrogens is 387 g/mol. The normalized spacial score (nSPS) is 19.6. The zero-order valence-electron chi connectivity index (χ0n) is 17.7. The molecule has 0 radical (unpaired) electrons. The number of esters is 1. The third-order valence-electron chi connectivity index (χ3n) is 5.34. The fourth-order valence-corrected chi connectivity index (χ4v) is 3.98. The molecule has 1 heterocycles. The van der Waals surface area contributed by atoms with Crippen molar-refractivity contribution in [2.45, 2.75) is 51.9 Å². The number of hydrogen-bond donors (Lipinski definition) is 0. The van der Waals surface area contributed by atoms with Crippen LogP contribution in [0.3, 0.4) is 0 Å². The van der Waals surface area contributed by atoms with Crippen molar-refractivity contribution in [3.63, 3.8) is 0 Å². The molecule has 1 saturated carbocycles. The summed E-state index contributed by atoms with van der Waals surface area (Å²) in [4.78, 5) is 18.6. The topological polar surface area (TPSA) is 60.9 Å². The van der Waals surface area contributed by atoms with Crippen LogP contribution in [0.1, 0.15) is 39.5 Å². The molecule has 1 aliphatic carbocycles. The summed E-state index contributed by atoms with van der Waals surface area (Å²) in [7, 11) is 1.63. The first-order chi connectivity index (χ1) is 14.5. The van der Waals surface area contributed by atoms with Crippen molar-refractivity contribution >= 4 is 17.3 Å². The van der Waals surface area contributed by atoms with E-state index in [1.54, 1.807) is 31.6 Å². The smallest absolute Gasteiger partial charge is 0.308 e. The largest absolute Gasteiger partial charge is 0.494 e. The van der Waals surface area contributed by atoms with E-state index in [0.29, 0.717) is 12.4 Å². The van der Waals surface area contributed by atoms with Gasteiger partial charge in [-0.25, -0.2) is 4.39 Å². The van der Waals surface area contributed by atoms with E-state index in [9.17, 15) is 9.18 Å². The van der Waals surface area contributed by atoms with Crippen LogP contribution in [0.15, 0.2) is 42.7 Å². The molecule has 0 saturated heterocycles. The van der Waals surface area contributed by atoms with E-state index in [2.05, 4.69) is 9.88 Å². The van der Waals surface area contributed by atoms with Gasteiger partial charge >= 0.3 is 5.97 Å². The number of ether oxygens (including phenoxy) is 3. The van der Waals surface area contributed by atoms with Gasteiger partial charge in [0.15, 0.2) is 0 Å². The number of benzene rings is 1. The van der Waals surface area contributed by atoms with Gasteiger partial charge in [-0.05, 0) is 56.9 Å². The number of nitrogens with zero attached hydrogens (tertiary/aromatic N) is 2. The Morgan fingerprint density at radius 2 is 1.90 bits per heavy atom. The molecule has 1 aliphatic rings. The second-order valence-electron chi connectivity index (χ2n) is 7.33. The number of anilines is 2. The number of alkyl halides is 1. The minimum Gasteiger partial charge on any atom is -0.494 e. The Kier molecular flexibility index (Phi) is 7.49. The molecule has 0 spiro atoms. The van der Waals surface area contributed by atoms with Gasteiger partial charge in [-0.3, -0.25) is 9.78 Å². The molecule has 1 atom stereocenters. The first-order valence-electron chi connectivity index (χ1n) is 10.4. The van der Waals surface area contributed by atoms with E-state index in [-0.39, 0.29) is 17.9 Å². The maximum atomic E-state index is 13.2. The third kappa shape index (κ3) is 5.20. The minimum absolute atomic E-state index is 0.0549. The Labute approximate surface area is 177 Å². The lowest BCUT2D eigenvalue weighted by Crippen LogP contribution is -2.37. The zero-order valence-corrected chi connectivity index (χ0v) is 17.7. The molecule has 3 rings (SSSR count). The molecule has 2 aromatic rings. The van der Waals surface area contributed by atoms with Gasteiger partial charge in [-0.1, -0.05) is 0 Å². The summed E-state index contributed by atoms with van der Waals surface area (Å²) < 4.78 is 29.1. The van der Waals surface area contributed by atoms with Crippen LogP contribution in [-0.2, 0) is 9.53 Å². The van der Waals surface area contributed by atoms with Crippen LogP contribution in [0.5, 0.6) is 11.5 Å². The summed E-state index contributed by atoms with van der Waals surface area (Å²) in [6.07, 6.45) is 5.31. The van der Waals surface area contributed by atoms with Crippen molar-refractivity contribution in [2.24, 2.45) is 5.92 Å². The van der Waals surface area contributed by atoms with Gasteiger partial charge in [0, 0.05) is 30.9 Å². The molecule has 1 unspecified atom stereocenters. The number of pyridine rings is 1. The molecule has 0 bridgehead atoms. The van der Waals surface area contributed by atoms with Crippen LogP contribution in [0.25, 0.3) is 0 Å². The first kappa shape index (κ1) is 21.9. The number of methoxy groups -OCH3 is 1. The first-order valence-corrected chi connectivity index (χ1v) is 10.4. The highest BCUT2D eigenvalue weighted by Gasteiger charge is 2.32. The van der Waals surface area contributed by atoms with Gasteiger partial charge < -0.3 is 19.1 Å². The van der Waals surface area contributed by atoms with Gasteiger partial charge in [0.25, 0.3) is 0 Å². The van der Waals surface area contributed by atoms with Crippen LogP contribution in [0.4, 0.5) is 15.8 Å². The molecule has 30 heavy (non-hydrogen) atoms. The van der Waals surface area contributed by atoms with E-state index < -0.39 is 6.36 Å². The van der Waals surface area contributed by atoms with E-state index in [0.717, 1.165) is 42.8 Å². The average Bonchev–Trinajstić information content (AvgIpc) is 2.76. The van der Waals surface area contributed by atoms with Crippen molar-refractivity contribution in [1.29, 1.82) is 0 Å². The molecule has 1 aromatic carbocycles.